The predicted molar refractivity (Wildman–Crippen MR) is 115 cm³/mol. The highest BCUT2D eigenvalue weighted by atomic mass is 16.1. The van der Waals surface area contributed by atoms with Gasteiger partial charge in [0.2, 0.25) is 0 Å². The van der Waals surface area contributed by atoms with E-state index in [2.05, 4.69) is 39.6 Å². The first-order valence-electron chi connectivity index (χ1n) is 10.3. The van der Waals surface area contributed by atoms with Crippen LogP contribution in [0.5, 0.6) is 0 Å². The number of likely N-dealkylation sites (N-methyl/N-ethyl adjacent to an activating group) is 1. The van der Waals surface area contributed by atoms with Crippen molar-refractivity contribution >= 4 is 17.4 Å². The first-order valence-corrected chi connectivity index (χ1v) is 10.3. The summed E-state index contributed by atoms with van der Waals surface area (Å²) < 4.78 is 1.84. The fourth-order valence-electron chi connectivity index (χ4n) is 3.76. The minimum atomic E-state index is -0.0285. The second kappa shape index (κ2) is 8.61. The molecule has 2 N–H and O–H groups in total. The highest BCUT2D eigenvalue weighted by Crippen LogP contribution is 2.21. The van der Waals surface area contributed by atoms with Crippen molar-refractivity contribution in [3.8, 4) is 11.3 Å². The lowest BCUT2D eigenvalue weighted by Crippen LogP contribution is -2.38. The molecule has 1 atom stereocenters. The van der Waals surface area contributed by atoms with Crippen LogP contribution in [0.2, 0.25) is 0 Å². The van der Waals surface area contributed by atoms with Gasteiger partial charge in [0.25, 0.3) is 5.91 Å². The van der Waals surface area contributed by atoms with Crippen molar-refractivity contribution in [2.75, 3.05) is 32.0 Å². The van der Waals surface area contributed by atoms with Crippen LogP contribution in [-0.2, 0) is 0 Å². The summed E-state index contributed by atoms with van der Waals surface area (Å²) >= 11 is 0. The van der Waals surface area contributed by atoms with Gasteiger partial charge >= 0.3 is 0 Å². The van der Waals surface area contributed by atoms with Crippen molar-refractivity contribution in [3.05, 3.63) is 48.2 Å². The van der Waals surface area contributed by atoms with Crippen LogP contribution >= 0.6 is 0 Å². The second-order valence-electron chi connectivity index (χ2n) is 7.62. The van der Waals surface area contributed by atoms with Crippen LogP contribution in [0.15, 0.2) is 42.6 Å². The molecule has 0 radical (unpaired) electrons. The van der Waals surface area contributed by atoms with Gasteiger partial charge in [-0.3, -0.25) is 4.79 Å². The van der Waals surface area contributed by atoms with Gasteiger partial charge in [0, 0.05) is 30.3 Å². The van der Waals surface area contributed by atoms with Crippen LogP contribution in [0.25, 0.3) is 16.9 Å². The number of nitrogens with one attached hydrogen (secondary N) is 2. The molecular formula is C22H28N6O. The number of carbonyl (C=O) groups is 1. The topological polar surface area (TPSA) is 74.6 Å². The Morgan fingerprint density at radius 1 is 1.21 bits per heavy atom. The van der Waals surface area contributed by atoms with Gasteiger partial charge in [-0.1, -0.05) is 19.1 Å². The smallest absolute Gasteiger partial charge is 0.251 e. The second-order valence-corrected chi connectivity index (χ2v) is 7.62. The minimum Gasteiger partial charge on any atom is -0.369 e. The third-order valence-corrected chi connectivity index (χ3v) is 5.53. The van der Waals surface area contributed by atoms with Crippen LogP contribution in [-0.4, -0.2) is 58.1 Å². The van der Waals surface area contributed by atoms with Gasteiger partial charge in [-0.05, 0) is 57.1 Å². The van der Waals surface area contributed by atoms with Gasteiger partial charge in [-0.15, -0.1) is 5.10 Å². The molecular weight excluding hydrogens is 364 g/mol. The molecule has 4 rings (SSSR count). The summed E-state index contributed by atoms with van der Waals surface area (Å²) in [6.45, 7) is 4.81. The number of nitrogens with zero attached hydrogens (tertiary/aromatic N) is 4. The zero-order valence-corrected chi connectivity index (χ0v) is 17.1. The summed E-state index contributed by atoms with van der Waals surface area (Å²) in [6, 6.07) is 12.0. The number of amides is 1. The molecule has 0 spiro atoms. The number of fused-ring (bicyclic) bond motifs is 1. The maximum atomic E-state index is 12.5. The number of carbonyl (C=O) groups excluding carboxylic acids is 1. The average Bonchev–Trinajstić information content (AvgIpc) is 3.36. The molecule has 152 valence electrons. The zero-order chi connectivity index (χ0) is 20.2. The zero-order valence-electron chi connectivity index (χ0n) is 17.1. The van der Waals surface area contributed by atoms with Gasteiger partial charge in [0.05, 0.1) is 11.9 Å². The molecule has 2 aromatic heterocycles. The summed E-state index contributed by atoms with van der Waals surface area (Å²) in [5.74, 6) is 0.797. The van der Waals surface area contributed by atoms with Crippen molar-refractivity contribution in [2.45, 2.75) is 32.2 Å². The Morgan fingerprint density at radius 3 is 2.76 bits per heavy atom. The van der Waals surface area contributed by atoms with Crippen molar-refractivity contribution in [1.29, 1.82) is 0 Å². The van der Waals surface area contributed by atoms with Crippen LogP contribution < -0.4 is 10.6 Å². The van der Waals surface area contributed by atoms with Crippen molar-refractivity contribution in [3.63, 3.8) is 0 Å². The Morgan fingerprint density at radius 2 is 2.03 bits per heavy atom. The molecule has 1 aliphatic rings. The predicted octanol–water partition coefficient (Wildman–Crippen LogP) is 3.04. The standard InChI is InChI=1S/C22H28N6O/c1-3-12-23-20-10-11-21-24-15-19(28(21)26-20)16-6-8-17(9-7-16)22(29)25-14-18-5-4-13-27(18)2/h6-11,15,18H,3-5,12-14H2,1-2H3,(H,23,26)(H,25,29). The molecule has 0 bridgehead atoms. The average molecular weight is 393 g/mol. The molecule has 3 aromatic rings. The molecule has 1 fully saturated rings. The normalized spacial score (nSPS) is 17.0. The van der Waals surface area contributed by atoms with Crippen LogP contribution in [0.1, 0.15) is 36.5 Å². The number of imidazole rings is 1. The van der Waals surface area contributed by atoms with Crippen LogP contribution in [0.3, 0.4) is 0 Å². The summed E-state index contributed by atoms with van der Waals surface area (Å²) in [5, 5.41) is 11.0. The lowest BCUT2D eigenvalue weighted by Gasteiger charge is -2.19. The Bertz CT molecular complexity index is 981. The first-order chi connectivity index (χ1) is 14.2. The highest BCUT2D eigenvalue weighted by Gasteiger charge is 2.21. The molecule has 0 saturated carbocycles. The van der Waals surface area contributed by atoms with Gasteiger partial charge in [-0.2, -0.15) is 0 Å². The molecule has 1 aromatic carbocycles. The van der Waals surface area contributed by atoms with Crippen molar-refractivity contribution in [1.82, 2.24) is 24.8 Å². The fraction of sp³-hybridized carbons (Fsp3) is 0.409. The Balaban J connectivity index is 1.48. The molecule has 7 heteroatoms. The SMILES string of the molecule is CCCNc1ccc2ncc(-c3ccc(C(=O)NCC4CCCN4C)cc3)n2n1. The molecule has 0 aliphatic carbocycles. The quantitative estimate of drug-likeness (QED) is 0.646. The van der Waals surface area contributed by atoms with Crippen LogP contribution in [0.4, 0.5) is 5.82 Å². The molecule has 29 heavy (non-hydrogen) atoms. The van der Waals surface area contributed by atoms with E-state index in [0.29, 0.717) is 18.2 Å². The number of likely N-dealkylation sites (tertiary alicyclic amines) is 1. The van der Waals surface area contributed by atoms with Crippen molar-refractivity contribution < 1.29 is 4.79 Å². The molecule has 1 aliphatic heterocycles. The van der Waals surface area contributed by atoms with E-state index in [1.165, 1.54) is 6.42 Å². The van der Waals surface area contributed by atoms with E-state index in [0.717, 1.165) is 48.7 Å². The summed E-state index contributed by atoms with van der Waals surface area (Å²) in [7, 11) is 2.12. The van der Waals surface area contributed by atoms with E-state index in [1.807, 2.05) is 47.1 Å². The van der Waals surface area contributed by atoms with E-state index < -0.39 is 0 Å². The van der Waals surface area contributed by atoms with E-state index in [-0.39, 0.29) is 5.91 Å². The molecule has 7 nitrogen and oxygen atoms in total. The maximum Gasteiger partial charge on any atom is 0.251 e. The first kappa shape index (κ1) is 19.4. The Labute approximate surface area is 171 Å². The number of benzene rings is 1. The van der Waals surface area contributed by atoms with E-state index in [9.17, 15) is 4.79 Å². The number of rotatable bonds is 7. The van der Waals surface area contributed by atoms with Crippen LogP contribution in [0, 0.1) is 0 Å². The van der Waals surface area contributed by atoms with Gasteiger partial charge in [0.1, 0.15) is 5.82 Å². The number of aromatic nitrogens is 3. The Kier molecular flexibility index (Phi) is 5.76. The molecule has 1 amide bonds. The molecule has 3 heterocycles. The summed E-state index contributed by atoms with van der Waals surface area (Å²) in [6.07, 6.45) is 5.20. The third kappa shape index (κ3) is 4.24. The highest BCUT2D eigenvalue weighted by molar-refractivity contribution is 5.94. The minimum absolute atomic E-state index is 0.0285. The molecule has 1 saturated heterocycles. The van der Waals surface area contributed by atoms with Crippen molar-refractivity contribution in [2.24, 2.45) is 0 Å². The third-order valence-electron chi connectivity index (χ3n) is 5.53. The number of hydrogen-bond acceptors (Lipinski definition) is 5. The Hall–Kier alpha value is -2.93. The number of hydrogen-bond donors (Lipinski definition) is 2. The van der Waals surface area contributed by atoms with Gasteiger partial charge in [0.15, 0.2) is 5.65 Å². The van der Waals surface area contributed by atoms with Gasteiger partial charge < -0.3 is 15.5 Å². The maximum absolute atomic E-state index is 12.5. The van der Waals surface area contributed by atoms with Gasteiger partial charge in [-0.25, -0.2) is 9.50 Å². The largest absolute Gasteiger partial charge is 0.369 e. The molecule has 1 unspecified atom stereocenters. The van der Waals surface area contributed by atoms with E-state index in [4.69, 9.17) is 0 Å². The lowest BCUT2D eigenvalue weighted by molar-refractivity contribution is 0.0943. The lowest BCUT2D eigenvalue weighted by atomic mass is 10.1. The van der Waals surface area contributed by atoms with E-state index in [1.54, 1.807) is 0 Å². The monoisotopic (exact) mass is 392 g/mol. The summed E-state index contributed by atoms with van der Waals surface area (Å²) in [5.41, 5.74) is 3.34. The fourth-order valence-corrected chi connectivity index (χ4v) is 3.76. The summed E-state index contributed by atoms with van der Waals surface area (Å²) in [4.78, 5) is 19.2. The van der Waals surface area contributed by atoms with E-state index >= 15 is 0 Å². The number of anilines is 1.